The maximum atomic E-state index is 12.8. The fraction of sp³-hybridized carbons (Fsp3) is 0.211. The number of carbonyl (C=O) groups excluding carboxylic acids is 1. The van der Waals surface area contributed by atoms with Crippen molar-refractivity contribution in [2.24, 2.45) is 0 Å². The summed E-state index contributed by atoms with van der Waals surface area (Å²) < 4.78 is 21.0. The Bertz CT molecular complexity index is 848. The van der Waals surface area contributed by atoms with E-state index >= 15 is 0 Å². The van der Waals surface area contributed by atoms with E-state index in [0.717, 1.165) is 0 Å². The van der Waals surface area contributed by atoms with Crippen molar-refractivity contribution in [3.05, 3.63) is 46.5 Å². The number of ketones is 1. The summed E-state index contributed by atoms with van der Waals surface area (Å²) >= 11 is 6.24. The third-order valence-corrected chi connectivity index (χ3v) is 3.99. The van der Waals surface area contributed by atoms with Crippen LogP contribution in [-0.2, 0) is 0 Å². The van der Waals surface area contributed by atoms with Crippen molar-refractivity contribution in [3.8, 4) is 23.0 Å². The molecule has 138 valence electrons. The third-order valence-electron chi connectivity index (χ3n) is 3.71. The van der Waals surface area contributed by atoms with E-state index in [1.807, 2.05) is 0 Å². The zero-order valence-corrected chi connectivity index (χ0v) is 15.7. The first-order valence-electron chi connectivity index (χ1n) is 7.61. The Balaban J connectivity index is 2.43. The molecule has 0 fully saturated rings. The maximum Gasteiger partial charge on any atom is 0.208 e. The Kier molecular flexibility index (Phi) is 6.36. The summed E-state index contributed by atoms with van der Waals surface area (Å²) in [6, 6.07) is 8.30. The molecule has 0 saturated heterocycles. The van der Waals surface area contributed by atoms with Gasteiger partial charge in [0.05, 0.1) is 44.7 Å². The van der Waals surface area contributed by atoms with Gasteiger partial charge in [-0.05, 0) is 35.9 Å². The number of hydrogen-bond donors (Lipinski definition) is 1. The van der Waals surface area contributed by atoms with Gasteiger partial charge >= 0.3 is 0 Å². The Hall–Kier alpha value is -2.86. The molecule has 0 spiro atoms. The number of anilines is 1. The minimum atomic E-state index is -0.418. The molecule has 0 heterocycles. The van der Waals surface area contributed by atoms with Gasteiger partial charge in [0.25, 0.3) is 0 Å². The molecular weight excluding hydrogens is 358 g/mol. The van der Waals surface area contributed by atoms with E-state index < -0.39 is 5.78 Å². The van der Waals surface area contributed by atoms with E-state index in [-0.39, 0.29) is 16.3 Å². The van der Waals surface area contributed by atoms with E-state index in [2.05, 4.69) is 0 Å². The average Bonchev–Trinajstić information content (AvgIpc) is 2.66. The first-order valence-corrected chi connectivity index (χ1v) is 7.99. The summed E-state index contributed by atoms with van der Waals surface area (Å²) in [5.74, 6) is 1.14. The molecule has 2 aromatic rings. The fourth-order valence-electron chi connectivity index (χ4n) is 2.46. The Labute approximate surface area is 157 Å². The highest BCUT2D eigenvalue weighted by molar-refractivity contribution is 6.47. The van der Waals surface area contributed by atoms with Crippen molar-refractivity contribution < 1.29 is 23.7 Å². The van der Waals surface area contributed by atoms with Gasteiger partial charge in [-0.25, -0.2) is 0 Å². The topological polar surface area (TPSA) is 80.0 Å². The number of benzene rings is 2. The number of rotatable bonds is 7. The number of methoxy groups -OCH3 is 4. The van der Waals surface area contributed by atoms with Crippen LogP contribution >= 0.6 is 11.6 Å². The number of ether oxygens (including phenoxy) is 4. The standard InChI is InChI=1S/C19H20ClNO5/c1-23-15-7-5-11(10-14(15)21)9-13(20)17(22)12-6-8-16(24-2)19(26-4)18(12)25-3/h5-10H,21H2,1-4H3. The molecular formula is C19H20ClNO5. The monoisotopic (exact) mass is 377 g/mol. The lowest BCUT2D eigenvalue weighted by molar-refractivity contribution is 0.103. The molecule has 0 atom stereocenters. The maximum absolute atomic E-state index is 12.8. The van der Waals surface area contributed by atoms with Gasteiger partial charge < -0.3 is 24.7 Å². The predicted octanol–water partition coefficient (Wildman–Crippen LogP) is 3.77. The van der Waals surface area contributed by atoms with Gasteiger partial charge in [0.2, 0.25) is 11.5 Å². The first kappa shape index (κ1) is 19.5. The quantitative estimate of drug-likeness (QED) is 0.449. The second kappa shape index (κ2) is 8.49. The van der Waals surface area contributed by atoms with Crippen molar-refractivity contribution in [1.82, 2.24) is 0 Å². The molecule has 2 aromatic carbocycles. The van der Waals surface area contributed by atoms with Crippen LogP contribution in [-0.4, -0.2) is 34.2 Å². The number of Topliss-reactive ketones (excluding diaryl/α,β-unsaturated/α-hetero) is 1. The lowest BCUT2D eigenvalue weighted by Gasteiger charge is -2.15. The van der Waals surface area contributed by atoms with Gasteiger partial charge in [-0.2, -0.15) is 0 Å². The molecule has 6 nitrogen and oxygen atoms in total. The fourth-order valence-corrected chi connectivity index (χ4v) is 2.69. The summed E-state index contributed by atoms with van der Waals surface area (Å²) in [7, 11) is 5.93. The summed E-state index contributed by atoms with van der Waals surface area (Å²) in [4.78, 5) is 12.8. The van der Waals surface area contributed by atoms with Crippen molar-refractivity contribution in [2.45, 2.75) is 0 Å². The molecule has 0 saturated carbocycles. The number of nitrogens with two attached hydrogens (primary N) is 1. The summed E-state index contributed by atoms with van der Waals surface area (Å²) in [5.41, 5.74) is 7.25. The second-order valence-electron chi connectivity index (χ2n) is 5.20. The molecule has 2 rings (SSSR count). The molecule has 0 unspecified atom stereocenters. The smallest absolute Gasteiger partial charge is 0.208 e. The van der Waals surface area contributed by atoms with Crippen molar-refractivity contribution in [1.29, 1.82) is 0 Å². The number of halogens is 1. The van der Waals surface area contributed by atoms with Crippen molar-refractivity contribution in [2.75, 3.05) is 34.2 Å². The summed E-state index contributed by atoms with van der Waals surface area (Å²) in [6.07, 6.45) is 1.52. The molecule has 0 aromatic heterocycles. The minimum Gasteiger partial charge on any atom is -0.495 e. The number of allylic oxidation sites excluding steroid dienone is 1. The van der Waals surface area contributed by atoms with Gasteiger partial charge in [0, 0.05) is 0 Å². The third kappa shape index (κ3) is 3.86. The van der Waals surface area contributed by atoms with Crippen molar-refractivity contribution in [3.63, 3.8) is 0 Å². The normalized spacial score (nSPS) is 11.0. The Morgan fingerprint density at radius 1 is 0.923 bits per heavy atom. The molecule has 7 heteroatoms. The minimum absolute atomic E-state index is 0.0000803. The van der Waals surface area contributed by atoms with Crippen LogP contribution in [0.5, 0.6) is 23.0 Å². The zero-order chi connectivity index (χ0) is 19.3. The van der Waals surface area contributed by atoms with Crippen LogP contribution in [0.3, 0.4) is 0 Å². The molecule has 0 bridgehead atoms. The molecule has 2 N–H and O–H groups in total. The van der Waals surface area contributed by atoms with Gasteiger partial charge in [-0.15, -0.1) is 0 Å². The summed E-state index contributed by atoms with van der Waals surface area (Å²) in [5, 5.41) is 0.0000803. The molecule has 26 heavy (non-hydrogen) atoms. The van der Waals surface area contributed by atoms with Crippen molar-refractivity contribution >= 4 is 29.1 Å². The zero-order valence-electron chi connectivity index (χ0n) is 15.0. The van der Waals surface area contributed by atoms with Gasteiger partial charge in [-0.3, -0.25) is 4.79 Å². The van der Waals surface area contributed by atoms with E-state index in [0.29, 0.717) is 28.5 Å². The van der Waals surface area contributed by atoms with Crippen LogP contribution in [0.15, 0.2) is 35.4 Å². The van der Waals surface area contributed by atoms with Gasteiger partial charge in [0.1, 0.15) is 5.75 Å². The highest BCUT2D eigenvalue weighted by atomic mass is 35.5. The number of carbonyl (C=O) groups is 1. The first-order chi connectivity index (χ1) is 12.5. The number of hydrogen-bond acceptors (Lipinski definition) is 6. The van der Waals surface area contributed by atoms with E-state index in [4.69, 9.17) is 36.3 Å². The molecule has 0 radical (unpaired) electrons. The molecule has 0 aliphatic heterocycles. The molecule has 0 amide bonds. The van der Waals surface area contributed by atoms with E-state index in [9.17, 15) is 4.79 Å². The highest BCUT2D eigenvalue weighted by Crippen LogP contribution is 2.40. The molecule has 0 aliphatic rings. The van der Waals surface area contributed by atoms with Crippen LogP contribution in [0.2, 0.25) is 0 Å². The van der Waals surface area contributed by atoms with Crippen LogP contribution in [0, 0.1) is 0 Å². The van der Waals surface area contributed by atoms with Gasteiger partial charge in [-0.1, -0.05) is 17.7 Å². The van der Waals surface area contributed by atoms with Crippen LogP contribution in [0.4, 0.5) is 5.69 Å². The lowest BCUT2D eigenvalue weighted by Crippen LogP contribution is -2.05. The summed E-state index contributed by atoms with van der Waals surface area (Å²) in [6.45, 7) is 0. The van der Waals surface area contributed by atoms with E-state index in [1.165, 1.54) is 34.5 Å². The van der Waals surface area contributed by atoms with E-state index in [1.54, 1.807) is 30.3 Å². The largest absolute Gasteiger partial charge is 0.495 e. The Morgan fingerprint density at radius 3 is 2.08 bits per heavy atom. The highest BCUT2D eigenvalue weighted by Gasteiger charge is 2.22. The van der Waals surface area contributed by atoms with Gasteiger partial charge in [0.15, 0.2) is 11.5 Å². The molecule has 0 aliphatic carbocycles. The second-order valence-corrected chi connectivity index (χ2v) is 5.61. The average molecular weight is 378 g/mol. The number of nitrogen functional groups attached to an aromatic ring is 1. The van der Waals surface area contributed by atoms with Crippen LogP contribution in [0.25, 0.3) is 6.08 Å². The van der Waals surface area contributed by atoms with Crippen LogP contribution in [0.1, 0.15) is 15.9 Å². The SMILES string of the molecule is COc1ccc(C=C(Cl)C(=O)c2ccc(OC)c(OC)c2OC)cc1N. The lowest BCUT2D eigenvalue weighted by atomic mass is 10.1. The predicted molar refractivity (Wildman–Crippen MR) is 102 cm³/mol. The van der Waals surface area contributed by atoms with Crippen LogP contribution < -0.4 is 24.7 Å². The Morgan fingerprint density at radius 2 is 1.54 bits per heavy atom.